The van der Waals surface area contributed by atoms with E-state index in [4.69, 9.17) is 23.2 Å². The molecule has 1 amide bonds. The zero-order chi connectivity index (χ0) is 22.5. The topological polar surface area (TPSA) is 61.4 Å². The SMILES string of the molecule is CSCC(=O)NCc1ccc(NC[C@](O)(c2cc(Cl)cc(Cl)c2)C(F)(F)F)cc1Br. The molecule has 4 nitrogen and oxygen atoms in total. The van der Waals surface area contributed by atoms with Crippen LogP contribution in [0.2, 0.25) is 10.0 Å². The van der Waals surface area contributed by atoms with Crippen molar-refractivity contribution in [2.75, 3.05) is 23.9 Å². The minimum Gasteiger partial charge on any atom is -0.381 e. The highest BCUT2D eigenvalue weighted by Gasteiger charge is 2.55. The fraction of sp³-hybridized carbons (Fsp3) is 0.316. The molecule has 0 radical (unpaired) electrons. The van der Waals surface area contributed by atoms with Gasteiger partial charge in [0.15, 0.2) is 0 Å². The Hall–Kier alpha value is -1.13. The third kappa shape index (κ3) is 6.43. The number of nitrogens with one attached hydrogen (secondary N) is 2. The van der Waals surface area contributed by atoms with Gasteiger partial charge in [-0.25, -0.2) is 0 Å². The van der Waals surface area contributed by atoms with Gasteiger partial charge in [-0.2, -0.15) is 24.9 Å². The van der Waals surface area contributed by atoms with Crippen molar-refractivity contribution in [1.82, 2.24) is 5.32 Å². The molecular formula is C19H18BrCl2F3N2O2S. The maximum Gasteiger partial charge on any atom is 0.423 e. The van der Waals surface area contributed by atoms with E-state index in [1.54, 1.807) is 18.2 Å². The van der Waals surface area contributed by atoms with Crippen LogP contribution in [-0.2, 0) is 16.9 Å². The van der Waals surface area contributed by atoms with Crippen LogP contribution in [0.4, 0.5) is 18.9 Å². The molecule has 3 N–H and O–H groups in total. The Bertz CT molecular complexity index is 898. The molecule has 0 aliphatic rings. The van der Waals surface area contributed by atoms with Crippen LogP contribution in [0, 0.1) is 0 Å². The van der Waals surface area contributed by atoms with Gasteiger partial charge in [0.05, 0.1) is 12.3 Å². The first kappa shape index (κ1) is 25.1. The molecule has 0 unspecified atom stereocenters. The molecule has 0 saturated carbocycles. The van der Waals surface area contributed by atoms with E-state index in [1.165, 1.54) is 17.8 Å². The predicted octanol–water partition coefficient (Wildman–Crippen LogP) is 5.60. The molecule has 2 aromatic carbocycles. The van der Waals surface area contributed by atoms with Gasteiger partial charge < -0.3 is 15.7 Å². The van der Waals surface area contributed by atoms with E-state index in [9.17, 15) is 23.1 Å². The molecule has 30 heavy (non-hydrogen) atoms. The molecule has 11 heteroatoms. The second-order valence-corrected chi connectivity index (χ2v) is 8.98. The number of thioether (sulfide) groups is 1. The lowest BCUT2D eigenvalue weighted by Gasteiger charge is -2.32. The summed E-state index contributed by atoms with van der Waals surface area (Å²) in [4.78, 5) is 11.6. The van der Waals surface area contributed by atoms with Crippen LogP contribution in [0.3, 0.4) is 0 Å². The quantitative estimate of drug-likeness (QED) is 0.404. The van der Waals surface area contributed by atoms with E-state index in [-0.39, 0.29) is 22.5 Å². The highest BCUT2D eigenvalue weighted by molar-refractivity contribution is 9.10. The first-order chi connectivity index (χ1) is 14.0. The Morgan fingerprint density at radius 2 is 1.80 bits per heavy atom. The monoisotopic (exact) mass is 544 g/mol. The molecule has 0 saturated heterocycles. The van der Waals surface area contributed by atoms with Gasteiger partial charge in [-0.15, -0.1) is 0 Å². The predicted molar refractivity (Wildman–Crippen MR) is 119 cm³/mol. The van der Waals surface area contributed by atoms with E-state index in [1.807, 2.05) is 6.26 Å². The normalized spacial score (nSPS) is 13.6. The summed E-state index contributed by atoms with van der Waals surface area (Å²) in [6.45, 7) is -0.586. The fourth-order valence-corrected chi connectivity index (χ4v) is 3.97. The number of aliphatic hydroxyl groups is 1. The third-order valence-corrected chi connectivity index (χ3v) is 5.89. The Balaban J connectivity index is 2.18. The largest absolute Gasteiger partial charge is 0.423 e. The molecule has 0 bridgehead atoms. The molecule has 2 aromatic rings. The van der Waals surface area contributed by atoms with E-state index < -0.39 is 23.9 Å². The summed E-state index contributed by atoms with van der Waals surface area (Å²) in [6.07, 6.45) is -3.16. The Labute approximate surface area is 194 Å². The van der Waals surface area contributed by atoms with Gasteiger partial charge in [-0.1, -0.05) is 45.2 Å². The molecule has 164 valence electrons. The number of benzene rings is 2. The summed E-state index contributed by atoms with van der Waals surface area (Å²) in [5.74, 6) is 0.216. The Morgan fingerprint density at radius 3 is 2.33 bits per heavy atom. The van der Waals surface area contributed by atoms with Crippen molar-refractivity contribution >= 4 is 62.5 Å². The fourth-order valence-electron chi connectivity index (χ4n) is 2.57. The number of carbonyl (C=O) groups excluding carboxylic acids is 1. The molecule has 0 fully saturated rings. The lowest BCUT2D eigenvalue weighted by atomic mass is 9.92. The highest BCUT2D eigenvalue weighted by Crippen LogP contribution is 2.41. The van der Waals surface area contributed by atoms with Crippen LogP contribution in [-0.4, -0.2) is 35.7 Å². The first-order valence-electron chi connectivity index (χ1n) is 8.50. The van der Waals surface area contributed by atoms with Crippen molar-refractivity contribution in [3.8, 4) is 0 Å². The lowest BCUT2D eigenvalue weighted by Crippen LogP contribution is -2.47. The average molecular weight is 546 g/mol. The van der Waals surface area contributed by atoms with Crippen LogP contribution in [0.15, 0.2) is 40.9 Å². The van der Waals surface area contributed by atoms with E-state index in [0.717, 1.165) is 17.7 Å². The van der Waals surface area contributed by atoms with Gasteiger partial charge in [0.1, 0.15) is 0 Å². The Kier molecular flexibility index (Phi) is 8.76. The second kappa shape index (κ2) is 10.5. The average Bonchev–Trinajstić information content (AvgIpc) is 2.63. The maximum absolute atomic E-state index is 13.7. The van der Waals surface area contributed by atoms with Crippen molar-refractivity contribution in [2.24, 2.45) is 0 Å². The van der Waals surface area contributed by atoms with Crippen LogP contribution in [0.1, 0.15) is 11.1 Å². The van der Waals surface area contributed by atoms with Crippen molar-refractivity contribution in [2.45, 2.75) is 18.3 Å². The molecule has 0 heterocycles. The number of rotatable bonds is 8. The minimum atomic E-state index is -4.98. The van der Waals surface area contributed by atoms with E-state index >= 15 is 0 Å². The van der Waals surface area contributed by atoms with Crippen molar-refractivity contribution < 1.29 is 23.1 Å². The van der Waals surface area contributed by atoms with Crippen molar-refractivity contribution in [3.63, 3.8) is 0 Å². The lowest BCUT2D eigenvalue weighted by molar-refractivity contribution is -0.260. The second-order valence-electron chi connectivity index (χ2n) is 6.39. The molecule has 2 rings (SSSR count). The number of alkyl halides is 3. The summed E-state index contributed by atoms with van der Waals surface area (Å²) in [6, 6.07) is 8.12. The first-order valence-corrected chi connectivity index (χ1v) is 11.4. The summed E-state index contributed by atoms with van der Waals surface area (Å²) in [5, 5.41) is 15.8. The number of carbonyl (C=O) groups is 1. The van der Waals surface area contributed by atoms with Crippen LogP contribution in [0.25, 0.3) is 0 Å². The zero-order valence-electron chi connectivity index (χ0n) is 15.6. The van der Waals surface area contributed by atoms with Crippen LogP contribution >= 0.6 is 50.9 Å². The minimum absolute atomic E-state index is 0.0178. The molecule has 0 spiro atoms. The summed E-state index contributed by atoms with van der Waals surface area (Å²) in [7, 11) is 0. The molecule has 1 atom stereocenters. The smallest absolute Gasteiger partial charge is 0.381 e. The highest BCUT2D eigenvalue weighted by atomic mass is 79.9. The van der Waals surface area contributed by atoms with Gasteiger partial charge in [-0.3, -0.25) is 4.79 Å². The molecule has 0 aromatic heterocycles. The summed E-state index contributed by atoms with van der Waals surface area (Å²) in [5.41, 5.74) is -2.58. The number of hydrogen-bond acceptors (Lipinski definition) is 4. The zero-order valence-corrected chi connectivity index (χ0v) is 19.5. The van der Waals surface area contributed by atoms with Crippen molar-refractivity contribution in [1.29, 1.82) is 0 Å². The van der Waals surface area contributed by atoms with E-state index in [0.29, 0.717) is 15.9 Å². The van der Waals surface area contributed by atoms with Gasteiger partial charge in [-0.05, 0) is 47.7 Å². The number of anilines is 1. The molecule has 0 aliphatic carbocycles. The number of halogens is 6. The number of hydrogen-bond donors (Lipinski definition) is 3. The van der Waals surface area contributed by atoms with Gasteiger partial charge in [0, 0.05) is 26.8 Å². The van der Waals surface area contributed by atoms with Crippen molar-refractivity contribution in [3.05, 3.63) is 62.0 Å². The summed E-state index contributed by atoms with van der Waals surface area (Å²) >= 11 is 16.4. The number of amides is 1. The van der Waals surface area contributed by atoms with E-state index in [2.05, 4.69) is 26.6 Å². The standard InChI is InChI=1S/C19H18BrCl2F3N2O2S/c1-30-9-17(28)26-8-11-2-3-15(7-16(11)20)27-10-18(29,19(23,24)25)12-4-13(21)6-14(22)5-12/h2-7,27,29H,8-10H2,1H3,(H,26,28)/t18-/m0/s1. The van der Waals surface area contributed by atoms with Gasteiger partial charge in [0.2, 0.25) is 11.5 Å². The van der Waals surface area contributed by atoms with Gasteiger partial charge >= 0.3 is 6.18 Å². The summed E-state index contributed by atoms with van der Waals surface area (Å²) < 4.78 is 41.7. The third-order valence-electron chi connectivity index (χ3n) is 4.16. The van der Waals surface area contributed by atoms with Crippen LogP contribution in [0.5, 0.6) is 0 Å². The molecule has 0 aliphatic heterocycles. The molecular weight excluding hydrogens is 528 g/mol. The Morgan fingerprint density at radius 1 is 1.17 bits per heavy atom. The van der Waals surface area contributed by atoms with Crippen LogP contribution < -0.4 is 10.6 Å². The van der Waals surface area contributed by atoms with Gasteiger partial charge in [0.25, 0.3) is 0 Å². The maximum atomic E-state index is 13.7.